The van der Waals surface area contributed by atoms with Gasteiger partial charge in [0.05, 0.1) is 13.0 Å². The van der Waals surface area contributed by atoms with Crippen LogP contribution in [0.1, 0.15) is 35.7 Å². The average Bonchev–Trinajstić information content (AvgIpc) is 3.00. The lowest BCUT2D eigenvalue weighted by molar-refractivity contribution is -0.144. The van der Waals surface area contributed by atoms with E-state index < -0.39 is 0 Å². The van der Waals surface area contributed by atoms with Crippen LogP contribution in [-0.2, 0) is 28.8 Å². The van der Waals surface area contributed by atoms with E-state index in [1.807, 2.05) is 6.92 Å². The quantitative estimate of drug-likeness (QED) is 0.870. The molecule has 1 N–H and O–H groups in total. The fraction of sp³-hybridized carbons (Fsp3) is 0.471. The number of fused-ring (bicyclic) bond motifs is 2. The predicted molar refractivity (Wildman–Crippen MR) is 79.9 cm³/mol. The smallest absolute Gasteiger partial charge is 0.308 e. The molecule has 0 saturated heterocycles. The summed E-state index contributed by atoms with van der Waals surface area (Å²) in [4.78, 5) is 15.1. The van der Waals surface area contributed by atoms with Gasteiger partial charge in [0.25, 0.3) is 0 Å². The van der Waals surface area contributed by atoms with Gasteiger partial charge in [-0.1, -0.05) is 6.92 Å². The van der Waals surface area contributed by atoms with Crippen molar-refractivity contribution >= 4 is 16.9 Å². The molecule has 3 rings (SSSR count). The molecule has 0 amide bonds. The lowest BCUT2D eigenvalue weighted by atomic mass is 9.97. The highest BCUT2D eigenvalue weighted by Crippen LogP contribution is 2.31. The van der Waals surface area contributed by atoms with Crippen LogP contribution in [-0.4, -0.2) is 18.1 Å². The summed E-state index contributed by atoms with van der Waals surface area (Å²) in [5.41, 5.74) is 6.58. The molecule has 3 heteroatoms. The largest absolute Gasteiger partial charge is 0.469 e. The van der Waals surface area contributed by atoms with Crippen molar-refractivity contribution in [1.82, 2.24) is 4.98 Å². The number of aromatic amines is 1. The van der Waals surface area contributed by atoms with E-state index in [-0.39, 0.29) is 11.9 Å². The molecular formula is C17H21NO2. The Hall–Kier alpha value is -1.77. The third-order valence-electron chi connectivity index (χ3n) is 4.45. The normalized spacial score (nSPS) is 15.3. The molecule has 0 spiro atoms. The van der Waals surface area contributed by atoms with Gasteiger partial charge in [0.15, 0.2) is 0 Å². The molecule has 0 aliphatic heterocycles. The molecular weight excluding hydrogens is 250 g/mol. The minimum Gasteiger partial charge on any atom is -0.469 e. The lowest BCUT2D eigenvalue weighted by Crippen LogP contribution is -2.15. The third-order valence-corrected chi connectivity index (χ3v) is 4.45. The molecule has 1 aliphatic rings. The Kier molecular flexibility index (Phi) is 3.28. The first-order chi connectivity index (χ1) is 9.60. The number of carbonyl (C=O) groups is 1. The molecule has 0 fully saturated rings. The molecule has 3 nitrogen and oxygen atoms in total. The number of methoxy groups -OCH3 is 1. The fourth-order valence-electron chi connectivity index (χ4n) is 3.31. The highest BCUT2D eigenvalue weighted by Gasteiger charge is 2.20. The first-order valence-corrected chi connectivity index (χ1v) is 7.31. The summed E-state index contributed by atoms with van der Waals surface area (Å²) in [5.74, 6) is -0.245. The second-order valence-electron chi connectivity index (χ2n) is 5.88. The Morgan fingerprint density at radius 1 is 1.35 bits per heavy atom. The molecule has 1 aromatic carbocycles. The number of ether oxygens (including phenoxy) is 1. The van der Waals surface area contributed by atoms with Crippen LogP contribution in [0.3, 0.4) is 0 Å². The van der Waals surface area contributed by atoms with Gasteiger partial charge in [0.1, 0.15) is 0 Å². The van der Waals surface area contributed by atoms with E-state index in [1.54, 1.807) is 0 Å². The highest BCUT2D eigenvalue weighted by molar-refractivity contribution is 5.87. The van der Waals surface area contributed by atoms with Gasteiger partial charge >= 0.3 is 5.97 Å². The second-order valence-corrected chi connectivity index (χ2v) is 5.88. The molecule has 0 radical (unpaired) electrons. The number of H-pyrrole nitrogens is 1. The maximum Gasteiger partial charge on any atom is 0.308 e. The zero-order chi connectivity index (χ0) is 14.3. The topological polar surface area (TPSA) is 42.1 Å². The minimum absolute atomic E-state index is 0.106. The van der Waals surface area contributed by atoms with E-state index in [4.69, 9.17) is 4.74 Å². The van der Waals surface area contributed by atoms with Crippen LogP contribution in [0.15, 0.2) is 12.1 Å². The van der Waals surface area contributed by atoms with Crippen molar-refractivity contribution in [3.63, 3.8) is 0 Å². The number of rotatable bonds is 3. The summed E-state index contributed by atoms with van der Waals surface area (Å²) in [6.45, 7) is 4.02. The summed E-state index contributed by atoms with van der Waals surface area (Å²) in [5, 5.41) is 1.28. The van der Waals surface area contributed by atoms with Gasteiger partial charge in [0, 0.05) is 16.6 Å². The monoisotopic (exact) mass is 271 g/mol. The Morgan fingerprint density at radius 3 is 2.75 bits per heavy atom. The fourth-order valence-corrected chi connectivity index (χ4v) is 3.31. The highest BCUT2D eigenvalue weighted by atomic mass is 16.5. The van der Waals surface area contributed by atoms with Crippen molar-refractivity contribution in [3.8, 4) is 0 Å². The van der Waals surface area contributed by atoms with Crippen LogP contribution in [0.4, 0.5) is 0 Å². The number of aromatic nitrogens is 1. The van der Waals surface area contributed by atoms with Crippen LogP contribution in [0.5, 0.6) is 0 Å². The molecule has 2 aromatic rings. The predicted octanol–water partition coefficient (Wildman–Crippen LogP) is 3.32. The number of hydrogen-bond acceptors (Lipinski definition) is 2. The zero-order valence-electron chi connectivity index (χ0n) is 12.4. The van der Waals surface area contributed by atoms with Gasteiger partial charge < -0.3 is 9.72 Å². The van der Waals surface area contributed by atoms with Crippen molar-refractivity contribution in [2.24, 2.45) is 5.92 Å². The molecule has 1 unspecified atom stereocenters. The Labute approximate surface area is 119 Å². The van der Waals surface area contributed by atoms with Crippen LogP contribution in [0.2, 0.25) is 0 Å². The van der Waals surface area contributed by atoms with Gasteiger partial charge in [-0.2, -0.15) is 0 Å². The average molecular weight is 271 g/mol. The Bertz CT molecular complexity index is 669. The van der Waals surface area contributed by atoms with E-state index in [0.29, 0.717) is 0 Å². The van der Waals surface area contributed by atoms with Crippen LogP contribution >= 0.6 is 0 Å². The van der Waals surface area contributed by atoms with Gasteiger partial charge in [-0.15, -0.1) is 0 Å². The van der Waals surface area contributed by atoms with Crippen molar-refractivity contribution in [1.29, 1.82) is 0 Å². The maximum absolute atomic E-state index is 11.6. The summed E-state index contributed by atoms with van der Waals surface area (Å²) in [6.07, 6.45) is 4.37. The molecule has 1 heterocycles. The lowest BCUT2D eigenvalue weighted by Gasteiger charge is -2.09. The molecule has 1 aromatic heterocycles. The first kappa shape index (κ1) is 13.2. The van der Waals surface area contributed by atoms with Crippen molar-refractivity contribution in [2.75, 3.05) is 7.11 Å². The summed E-state index contributed by atoms with van der Waals surface area (Å²) in [6, 6.07) is 4.61. The van der Waals surface area contributed by atoms with Gasteiger partial charge in [-0.05, 0) is 61.4 Å². The van der Waals surface area contributed by atoms with Gasteiger partial charge in [-0.3, -0.25) is 4.79 Å². The molecule has 1 aliphatic carbocycles. The maximum atomic E-state index is 11.6. The first-order valence-electron chi connectivity index (χ1n) is 7.31. The number of carbonyl (C=O) groups excluding carboxylic acids is 1. The van der Waals surface area contributed by atoms with Crippen LogP contribution in [0, 0.1) is 12.8 Å². The van der Waals surface area contributed by atoms with E-state index >= 15 is 0 Å². The number of aryl methyl sites for hydroxylation is 3. The molecule has 0 saturated carbocycles. The van der Waals surface area contributed by atoms with Gasteiger partial charge in [-0.25, -0.2) is 0 Å². The van der Waals surface area contributed by atoms with E-state index in [1.165, 1.54) is 59.7 Å². The minimum atomic E-state index is -0.139. The number of nitrogens with one attached hydrogen (secondary N) is 1. The third kappa shape index (κ3) is 2.11. The van der Waals surface area contributed by atoms with E-state index in [0.717, 1.165) is 6.42 Å². The SMILES string of the molecule is COC(=O)C(C)Cc1c(C)[nH]c2cc3c(cc12)CCC3. The zero-order valence-corrected chi connectivity index (χ0v) is 12.4. The molecule has 1 atom stereocenters. The standard InChI is InChI=1S/C17H21NO2/c1-10(17(19)20-3)7-14-11(2)18-16-9-13-6-4-5-12(13)8-15(14)16/h8-10,18H,4-7H2,1-3H3. The van der Waals surface area contributed by atoms with E-state index in [9.17, 15) is 4.79 Å². The second kappa shape index (κ2) is 4.97. The molecule has 20 heavy (non-hydrogen) atoms. The van der Waals surface area contributed by atoms with Crippen LogP contribution in [0.25, 0.3) is 10.9 Å². The van der Waals surface area contributed by atoms with Crippen molar-refractivity contribution in [2.45, 2.75) is 39.5 Å². The molecule has 106 valence electrons. The molecule has 0 bridgehead atoms. The Balaban J connectivity index is 2.02. The van der Waals surface area contributed by atoms with Crippen molar-refractivity contribution in [3.05, 3.63) is 34.5 Å². The number of benzene rings is 1. The van der Waals surface area contributed by atoms with Crippen molar-refractivity contribution < 1.29 is 9.53 Å². The van der Waals surface area contributed by atoms with E-state index in [2.05, 4.69) is 24.0 Å². The van der Waals surface area contributed by atoms with Gasteiger partial charge in [0.2, 0.25) is 0 Å². The Morgan fingerprint density at radius 2 is 2.05 bits per heavy atom. The summed E-state index contributed by atoms with van der Waals surface area (Å²) >= 11 is 0. The number of hydrogen-bond donors (Lipinski definition) is 1. The van der Waals surface area contributed by atoms with Crippen LogP contribution < -0.4 is 0 Å². The summed E-state index contributed by atoms with van der Waals surface area (Å²) < 4.78 is 4.84. The summed E-state index contributed by atoms with van der Waals surface area (Å²) in [7, 11) is 1.45. The number of esters is 1.